The van der Waals surface area contributed by atoms with Crippen molar-refractivity contribution in [3.63, 3.8) is 0 Å². The Morgan fingerprint density at radius 3 is 2.68 bits per heavy atom. The topological polar surface area (TPSA) is 55.4 Å². The molecule has 0 aromatic heterocycles. The maximum atomic E-state index is 12.3. The molecule has 0 saturated heterocycles. The maximum absolute atomic E-state index is 12.3. The predicted molar refractivity (Wildman–Crippen MR) is 97.0 cm³/mol. The van der Waals surface area contributed by atoms with Gasteiger partial charge in [-0.05, 0) is 42.5 Å². The summed E-state index contributed by atoms with van der Waals surface area (Å²) < 4.78 is 5.69. The second-order valence-electron chi connectivity index (χ2n) is 6.69. The summed E-state index contributed by atoms with van der Waals surface area (Å²) in [6.45, 7) is 5.89. The molecule has 3 rings (SSSR count). The van der Waals surface area contributed by atoms with Gasteiger partial charge in [0.2, 0.25) is 0 Å². The zero-order valence-corrected chi connectivity index (χ0v) is 14.8. The Balaban J connectivity index is 1.67. The molecular formula is C21H23NO3. The van der Waals surface area contributed by atoms with E-state index in [4.69, 9.17) is 4.74 Å². The number of carbonyl (C=O) groups excluding carboxylic acids is 2. The van der Waals surface area contributed by atoms with E-state index in [1.54, 1.807) is 6.07 Å². The molecule has 0 radical (unpaired) electrons. The summed E-state index contributed by atoms with van der Waals surface area (Å²) in [5.41, 5.74) is 3.84. The first-order valence-corrected chi connectivity index (χ1v) is 8.61. The van der Waals surface area contributed by atoms with Crippen LogP contribution in [0.15, 0.2) is 42.5 Å². The van der Waals surface area contributed by atoms with Crippen LogP contribution in [0.25, 0.3) is 0 Å². The zero-order chi connectivity index (χ0) is 18.0. The number of aryl methyl sites for hydroxylation is 1. The number of carbonyl (C=O) groups is 2. The Bertz CT molecular complexity index is 798. The van der Waals surface area contributed by atoms with Crippen LogP contribution < -0.4 is 10.1 Å². The van der Waals surface area contributed by atoms with Gasteiger partial charge >= 0.3 is 0 Å². The van der Waals surface area contributed by atoms with E-state index in [9.17, 15) is 9.59 Å². The van der Waals surface area contributed by atoms with Gasteiger partial charge in [0.05, 0.1) is 11.6 Å². The van der Waals surface area contributed by atoms with E-state index in [1.807, 2.05) is 50.2 Å². The second kappa shape index (κ2) is 7.09. The third-order valence-corrected chi connectivity index (χ3v) is 4.72. The minimum Gasteiger partial charge on any atom is -0.483 e. The first-order valence-electron chi connectivity index (χ1n) is 8.61. The molecule has 1 amide bonds. The highest BCUT2D eigenvalue weighted by Crippen LogP contribution is 2.40. The molecule has 2 aromatic carbocycles. The largest absolute Gasteiger partial charge is 0.483 e. The first-order chi connectivity index (χ1) is 12.0. The lowest BCUT2D eigenvalue weighted by Crippen LogP contribution is -2.31. The highest BCUT2D eigenvalue weighted by Gasteiger charge is 2.31. The molecule has 1 aliphatic rings. The van der Waals surface area contributed by atoms with Crippen LogP contribution in [0.4, 0.5) is 0 Å². The average Bonchev–Trinajstić information content (AvgIpc) is 2.90. The van der Waals surface area contributed by atoms with Crippen LogP contribution in [0.3, 0.4) is 0 Å². The monoisotopic (exact) mass is 337 g/mol. The van der Waals surface area contributed by atoms with Crippen molar-refractivity contribution in [1.29, 1.82) is 0 Å². The fourth-order valence-corrected chi connectivity index (χ4v) is 3.48. The number of benzene rings is 2. The van der Waals surface area contributed by atoms with E-state index in [-0.39, 0.29) is 30.3 Å². The fraction of sp³-hybridized carbons (Fsp3) is 0.333. The summed E-state index contributed by atoms with van der Waals surface area (Å²) in [6, 6.07) is 13.4. The fourth-order valence-electron chi connectivity index (χ4n) is 3.48. The standard InChI is InChI=1S/C21H23NO3/c1-13-9-10-18(21-17(23)11-14(2)20(13)21)25-12-19(24)22-15(3)16-7-5-4-6-8-16/h4-10,14-15H,11-12H2,1-3H3,(H,22,24). The Kier molecular flexibility index (Phi) is 4.88. The summed E-state index contributed by atoms with van der Waals surface area (Å²) in [5, 5.41) is 2.92. The van der Waals surface area contributed by atoms with Crippen LogP contribution in [-0.2, 0) is 4.79 Å². The van der Waals surface area contributed by atoms with Crippen LogP contribution in [0, 0.1) is 6.92 Å². The van der Waals surface area contributed by atoms with E-state index >= 15 is 0 Å². The van der Waals surface area contributed by atoms with Crippen molar-refractivity contribution in [2.75, 3.05) is 6.61 Å². The molecule has 4 heteroatoms. The molecule has 0 saturated carbocycles. The van der Waals surface area contributed by atoms with E-state index in [0.29, 0.717) is 17.7 Å². The van der Waals surface area contributed by atoms with Crippen molar-refractivity contribution in [3.05, 3.63) is 64.7 Å². The number of nitrogens with one attached hydrogen (secondary N) is 1. The number of hydrogen-bond donors (Lipinski definition) is 1. The average molecular weight is 337 g/mol. The van der Waals surface area contributed by atoms with Crippen molar-refractivity contribution in [2.45, 2.75) is 39.2 Å². The van der Waals surface area contributed by atoms with Gasteiger partial charge in [-0.25, -0.2) is 0 Å². The number of ketones is 1. The Morgan fingerprint density at radius 1 is 1.24 bits per heavy atom. The molecule has 0 fully saturated rings. The molecule has 0 spiro atoms. The normalized spacial score (nSPS) is 17.1. The molecule has 130 valence electrons. The van der Waals surface area contributed by atoms with Gasteiger partial charge in [-0.2, -0.15) is 0 Å². The quantitative estimate of drug-likeness (QED) is 0.899. The summed E-state index contributed by atoms with van der Waals surface area (Å²) in [7, 11) is 0. The van der Waals surface area contributed by atoms with Crippen LogP contribution in [0.5, 0.6) is 5.75 Å². The van der Waals surface area contributed by atoms with E-state index in [2.05, 4.69) is 12.2 Å². The Morgan fingerprint density at radius 2 is 1.96 bits per heavy atom. The van der Waals surface area contributed by atoms with Crippen LogP contribution in [0.1, 0.15) is 59.3 Å². The number of rotatable bonds is 5. The molecule has 2 unspecified atom stereocenters. The van der Waals surface area contributed by atoms with Crippen molar-refractivity contribution >= 4 is 11.7 Å². The van der Waals surface area contributed by atoms with Crippen molar-refractivity contribution < 1.29 is 14.3 Å². The smallest absolute Gasteiger partial charge is 0.258 e. The highest BCUT2D eigenvalue weighted by atomic mass is 16.5. The Labute approximate surface area is 148 Å². The number of amides is 1. The molecule has 25 heavy (non-hydrogen) atoms. The summed E-state index contributed by atoms with van der Waals surface area (Å²) in [4.78, 5) is 24.5. The number of ether oxygens (including phenoxy) is 1. The van der Waals surface area contributed by atoms with Crippen molar-refractivity contribution in [3.8, 4) is 5.75 Å². The highest BCUT2D eigenvalue weighted by molar-refractivity contribution is 6.04. The van der Waals surface area contributed by atoms with Crippen molar-refractivity contribution in [2.24, 2.45) is 0 Å². The van der Waals surface area contributed by atoms with Gasteiger partial charge in [0, 0.05) is 6.42 Å². The third-order valence-electron chi connectivity index (χ3n) is 4.72. The van der Waals surface area contributed by atoms with Gasteiger partial charge in [-0.1, -0.05) is 43.3 Å². The summed E-state index contributed by atoms with van der Waals surface area (Å²) in [5.74, 6) is 0.610. The lowest BCUT2D eigenvalue weighted by molar-refractivity contribution is -0.123. The lowest BCUT2D eigenvalue weighted by atomic mass is 9.97. The van der Waals surface area contributed by atoms with E-state index in [0.717, 1.165) is 16.7 Å². The predicted octanol–water partition coefficient (Wildman–Crippen LogP) is 3.94. The maximum Gasteiger partial charge on any atom is 0.258 e. The van der Waals surface area contributed by atoms with Gasteiger partial charge in [-0.15, -0.1) is 0 Å². The SMILES string of the molecule is Cc1ccc(OCC(=O)NC(C)c2ccccc2)c2c1C(C)CC2=O. The van der Waals surface area contributed by atoms with Crippen LogP contribution in [0.2, 0.25) is 0 Å². The molecule has 1 N–H and O–H groups in total. The number of fused-ring (bicyclic) bond motifs is 1. The number of Topliss-reactive ketones (excluding diaryl/α,β-unsaturated/α-hetero) is 1. The van der Waals surface area contributed by atoms with Gasteiger partial charge < -0.3 is 10.1 Å². The summed E-state index contributed by atoms with van der Waals surface area (Å²) >= 11 is 0. The molecule has 1 aliphatic carbocycles. The van der Waals surface area contributed by atoms with Gasteiger partial charge in [0.25, 0.3) is 5.91 Å². The molecule has 4 nitrogen and oxygen atoms in total. The molecule has 0 heterocycles. The molecule has 2 atom stereocenters. The third kappa shape index (κ3) is 3.58. The Hall–Kier alpha value is -2.62. The van der Waals surface area contributed by atoms with Crippen LogP contribution in [-0.4, -0.2) is 18.3 Å². The minimum atomic E-state index is -0.204. The minimum absolute atomic E-state index is 0.0947. The van der Waals surface area contributed by atoms with E-state index < -0.39 is 0 Å². The molecule has 2 aromatic rings. The van der Waals surface area contributed by atoms with Gasteiger partial charge in [0.1, 0.15) is 5.75 Å². The first kappa shape index (κ1) is 17.2. The molecule has 0 bridgehead atoms. The number of hydrogen-bond acceptors (Lipinski definition) is 3. The van der Waals surface area contributed by atoms with Crippen LogP contribution >= 0.6 is 0 Å². The lowest BCUT2D eigenvalue weighted by Gasteiger charge is -2.16. The van der Waals surface area contributed by atoms with Crippen molar-refractivity contribution in [1.82, 2.24) is 5.32 Å². The summed E-state index contributed by atoms with van der Waals surface area (Å²) in [6.07, 6.45) is 0.508. The van der Waals surface area contributed by atoms with E-state index in [1.165, 1.54) is 0 Å². The van der Waals surface area contributed by atoms with Gasteiger partial charge in [-0.3, -0.25) is 9.59 Å². The van der Waals surface area contributed by atoms with Gasteiger partial charge in [0.15, 0.2) is 12.4 Å². The molecule has 0 aliphatic heterocycles. The molecular weight excluding hydrogens is 314 g/mol. The zero-order valence-electron chi connectivity index (χ0n) is 14.8. The second-order valence-corrected chi connectivity index (χ2v) is 6.69.